The van der Waals surface area contributed by atoms with Crippen LogP contribution in [-0.4, -0.2) is 42.9 Å². The van der Waals surface area contributed by atoms with Crippen LogP contribution in [0.15, 0.2) is 22.7 Å². The van der Waals surface area contributed by atoms with Gasteiger partial charge in [-0.3, -0.25) is 4.79 Å². The van der Waals surface area contributed by atoms with Crippen molar-refractivity contribution in [3.8, 4) is 17.2 Å². The molecule has 3 aromatic rings. The number of nitrogens with zero attached hydrogens (tertiary/aromatic N) is 6. The molecule has 1 aliphatic rings. The standard InChI is InChI=1S/C14H13N7O3/c1-7-15-14(24-19-7)8-3-4-9-10(6-23-11(9)5-8)16-13(22)12-17-20-21(2)18-12/h3-5,10H,6H2,1-2H3,(H,16,22)/t10-/m1/s1. The lowest BCUT2D eigenvalue weighted by molar-refractivity contribution is 0.0919. The van der Waals surface area contributed by atoms with Crippen LogP contribution in [0.25, 0.3) is 11.5 Å². The number of fused-ring (bicyclic) bond motifs is 1. The molecular formula is C14H13N7O3. The molecule has 0 spiro atoms. The number of aromatic nitrogens is 6. The van der Waals surface area contributed by atoms with Gasteiger partial charge in [0.25, 0.3) is 17.6 Å². The molecule has 1 aliphatic heterocycles. The normalized spacial score (nSPS) is 15.8. The van der Waals surface area contributed by atoms with E-state index in [1.165, 1.54) is 4.80 Å². The first-order chi connectivity index (χ1) is 11.6. The van der Waals surface area contributed by atoms with E-state index in [9.17, 15) is 4.79 Å². The Bertz CT molecular complexity index is 917. The molecule has 0 saturated heterocycles. The minimum Gasteiger partial charge on any atom is -0.491 e. The molecule has 10 heteroatoms. The van der Waals surface area contributed by atoms with E-state index in [0.29, 0.717) is 24.1 Å². The number of nitrogens with one attached hydrogen (secondary N) is 1. The fourth-order valence-electron chi connectivity index (χ4n) is 2.47. The number of tetrazole rings is 1. The van der Waals surface area contributed by atoms with Gasteiger partial charge in [0.15, 0.2) is 5.82 Å². The second-order valence-electron chi connectivity index (χ2n) is 5.34. The summed E-state index contributed by atoms with van der Waals surface area (Å²) >= 11 is 0. The van der Waals surface area contributed by atoms with Gasteiger partial charge in [0.1, 0.15) is 12.4 Å². The predicted octanol–water partition coefficient (Wildman–Crippen LogP) is 0.432. The molecule has 0 fully saturated rings. The van der Waals surface area contributed by atoms with Crippen molar-refractivity contribution in [2.45, 2.75) is 13.0 Å². The van der Waals surface area contributed by atoms with E-state index in [1.54, 1.807) is 14.0 Å². The smallest absolute Gasteiger partial charge is 0.293 e. The zero-order valence-corrected chi connectivity index (χ0v) is 12.9. The van der Waals surface area contributed by atoms with E-state index in [1.807, 2.05) is 18.2 Å². The molecule has 122 valence electrons. The summed E-state index contributed by atoms with van der Waals surface area (Å²) in [7, 11) is 1.60. The molecule has 0 aliphatic carbocycles. The Hall–Kier alpha value is -3.30. The number of hydrogen-bond acceptors (Lipinski definition) is 8. The summed E-state index contributed by atoms with van der Waals surface area (Å²) in [5.74, 6) is 1.27. The van der Waals surface area contributed by atoms with Gasteiger partial charge in [-0.15, -0.1) is 10.2 Å². The van der Waals surface area contributed by atoms with Crippen molar-refractivity contribution in [3.05, 3.63) is 35.4 Å². The van der Waals surface area contributed by atoms with E-state index in [2.05, 4.69) is 30.9 Å². The molecule has 2 aromatic heterocycles. The van der Waals surface area contributed by atoms with E-state index in [4.69, 9.17) is 9.26 Å². The van der Waals surface area contributed by atoms with Crippen LogP contribution in [0.2, 0.25) is 0 Å². The molecule has 10 nitrogen and oxygen atoms in total. The number of carbonyl (C=O) groups is 1. The van der Waals surface area contributed by atoms with Gasteiger partial charge in [0.2, 0.25) is 0 Å². The Labute approximate surface area is 135 Å². The summed E-state index contributed by atoms with van der Waals surface area (Å²) in [4.78, 5) is 17.6. The number of rotatable bonds is 3. The van der Waals surface area contributed by atoms with Crippen molar-refractivity contribution in [2.75, 3.05) is 6.61 Å². The van der Waals surface area contributed by atoms with Crippen molar-refractivity contribution in [3.63, 3.8) is 0 Å². The van der Waals surface area contributed by atoms with Gasteiger partial charge >= 0.3 is 0 Å². The van der Waals surface area contributed by atoms with Crippen molar-refractivity contribution < 1.29 is 14.1 Å². The summed E-state index contributed by atoms with van der Waals surface area (Å²) < 4.78 is 10.8. The summed E-state index contributed by atoms with van der Waals surface area (Å²) in [6, 6.07) is 5.25. The number of aryl methyl sites for hydroxylation is 2. The molecule has 0 unspecified atom stereocenters. The van der Waals surface area contributed by atoms with E-state index >= 15 is 0 Å². The third-order valence-corrected chi connectivity index (χ3v) is 3.59. The lowest BCUT2D eigenvalue weighted by atomic mass is 10.1. The first-order valence-electron chi connectivity index (χ1n) is 7.22. The van der Waals surface area contributed by atoms with E-state index in [-0.39, 0.29) is 11.9 Å². The zero-order valence-electron chi connectivity index (χ0n) is 12.9. The largest absolute Gasteiger partial charge is 0.491 e. The summed E-state index contributed by atoms with van der Waals surface area (Å²) in [5, 5.41) is 17.8. The predicted molar refractivity (Wildman–Crippen MR) is 79.0 cm³/mol. The molecule has 3 heterocycles. The highest BCUT2D eigenvalue weighted by Gasteiger charge is 2.28. The molecule has 1 aromatic carbocycles. The van der Waals surface area contributed by atoms with Crippen molar-refractivity contribution in [1.82, 2.24) is 35.7 Å². The maximum absolute atomic E-state index is 12.1. The van der Waals surface area contributed by atoms with E-state index < -0.39 is 5.91 Å². The van der Waals surface area contributed by atoms with Crippen LogP contribution in [-0.2, 0) is 7.05 Å². The SMILES string of the molecule is Cc1noc(-c2ccc3c(c2)OC[C@H]3NC(=O)c2nnn(C)n2)n1. The second-order valence-corrected chi connectivity index (χ2v) is 5.34. The fraction of sp³-hybridized carbons (Fsp3) is 0.286. The Balaban J connectivity index is 1.55. The molecule has 24 heavy (non-hydrogen) atoms. The van der Waals surface area contributed by atoms with Crippen LogP contribution in [0, 0.1) is 6.92 Å². The van der Waals surface area contributed by atoms with Gasteiger partial charge in [-0.2, -0.15) is 9.78 Å². The zero-order chi connectivity index (χ0) is 16.7. The van der Waals surface area contributed by atoms with Crippen LogP contribution in [0.5, 0.6) is 5.75 Å². The summed E-state index contributed by atoms with van der Waals surface area (Å²) in [6.45, 7) is 2.08. The Morgan fingerprint density at radius 1 is 1.42 bits per heavy atom. The molecule has 1 N–H and O–H groups in total. The van der Waals surface area contributed by atoms with Crippen molar-refractivity contribution in [2.24, 2.45) is 7.05 Å². The monoisotopic (exact) mass is 327 g/mol. The first kappa shape index (κ1) is 14.3. The topological polar surface area (TPSA) is 121 Å². The highest BCUT2D eigenvalue weighted by molar-refractivity contribution is 5.90. The van der Waals surface area contributed by atoms with Gasteiger partial charge in [-0.25, -0.2) is 0 Å². The molecule has 4 rings (SSSR count). The van der Waals surface area contributed by atoms with Crippen molar-refractivity contribution >= 4 is 5.91 Å². The quantitative estimate of drug-likeness (QED) is 0.735. The Morgan fingerprint density at radius 2 is 2.29 bits per heavy atom. The average Bonchev–Trinajstić information content (AvgIpc) is 3.28. The Kier molecular flexibility index (Phi) is 3.22. The van der Waals surface area contributed by atoms with Crippen LogP contribution >= 0.6 is 0 Å². The lowest BCUT2D eigenvalue weighted by Gasteiger charge is -2.09. The maximum atomic E-state index is 12.1. The van der Waals surface area contributed by atoms with Crippen LogP contribution in [0.1, 0.15) is 28.0 Å². The third kappa shape index (κ3) is 2.47. The minimum absolute atomic E-state index is 0.0175. The number of amides is 1. The second kappa shape index (κ2) is 5.41. The average molecular weight is 327 g/mol. The van der Waals surface area contributed by atoms with Gasteiger partial charge in [0, 0.05) is 11.1 Å². The van der Waals surface area contributed by atoms with Crippen LogP contribution < -0.4 is 10.1 Å². The molecule has 0 bridgehead atoms. The van der Waals surface area contributed by atoms with Crippen LogP contribution in [0.4, 0.5) is 0 Å². The number of ether oxygens (including phenoxy) is 1. The number of hydrogen-bond donors (Lipinski definition) is 1. The van der Waals surface area contributed by atoms with Crippen molar-refractivity contribution in [1.29, 1.82) is 0 Å². The lowest BCUT2D eigenvalue weighted by Crippen LogP contribution is -2.30. The first-order valence-corrected chi connectivity index (χ1v) is 7.22. The van der Waals surface area contributed by atoms with Gasteiger partial charge < -0.3 is 14.6 Å². The highest BCUT2D eigenvalue weighted by atomic mass is 16.5. The minimum atomic E-state index is -0.402. The Morgan fingerprint density at radius 3 is 3.00 bits per heavy atom. The summed E-state index contributed by atoms with van der Waals surface area (Å²) in [5.41, 5.74) is 1.63. The molecule has 0 radical (unpaired) electrons. The van der Waals surface area contributed by atoms with Gasteiger partial charge in [-0.05, 0) is 24.3 Å². The third-order valence-electron chi connectivity index (χ3n) is 3.59. The molecular weight excluding hydrogens is 314 g/mol. The molecule has 0 saturated carbocycles. The van der Waals surface area contributed by atoms with E-state index in [0.717, 1.165) is 11.1 Å². The highest BCUT2D eigenvalue weighted by Crippen LogP contribution is 2.35. The molecule has 1 atom stereocenters. The maximum Gasteiger partial charge on any atom is 0.293 e. The van der Waals surface area contributed by atoms with Crippen LogP contribution in [0.3, 0.4) is 0 Å². The van der Waals surface area contributed by atoms with Gasteiger partial charge in [-0.1, -0.05) is 11.2 Å². The fourth-order valence-corrected chi connectivity index (χ4v) is 2.47. The molecule has 1 amide bonds. The van der Waals surface area contributed by atoms with Gasteiger partial charge in [0.05, 0.1) is 13.1 Å². The number of benzene rings is 1. The summed E-state index contributed by atoms with van der Waals surface area (Å²) in [6.07, 6.45) is 0. The number of carbonyl (C=O) groups excluding carboxylic acids is 1.